The highest BCUT2D eigenvalue weighted by Crippen LogP contribution is 2.46. The van der Waals surface area contributed by atoms with Gasteiger partial charge in [-0.25, -0.2) is 12.7 Å². The number of sulfonamides is 1. The van der Waals surface area contributed by atoms with Crippen LogP contribution >= 0.6 is 15.9 Å². The topological polar surface area (TPSA) is 37.4 Å². The van der Waals surface area contributed by atoms with E-state index < -0.39 is 10.0 Å². The summed E-state index contributed by atoms with van der Waals surface area (Å²) in [5.41, 5.74) is 5.15. The van der Waals surface area contributed by atoms with Crippen LogP contribution in [0.2, 0.25) is 0 Å². The lowest BCUT2D eigenvalue weighted by atomic mass is 9.75. The molecule has 0 spiro atoms. The smallest absolute Gasteiger partial charge is 0.211 e. The fourth-order valence-corrected chi connectivity index (χ4v) is 5.82. The molecule has 136 valence electrons. The van der Waals surface area contributed by atoms with Crippen LogP contribution in [0.5, 0.6) is 0 Å². The summed E-state index contributed by atoms with van der Waals surface area (Å²) in [5, 5.41) is 0. The van der Waals surface area contributed by atoms with E-state index in [9.17, 15) is 8.42 Å². The largest absolute Gasteiger partial charge is 0.213 e. The summed E-state index contributed by atoms with van der Waals surface area (Å²) in [4.78, 5) is 0. The van der Waals surface area contributed by atoms with Gasteiger partial charge in [-0.15, -0.1) is 0 Å². The molecule has 1 saturated heterocycles. The van der Waals surface area contributed by atoms with Crippen molar-refractivity contribution in [3.05, 3.63) is 70.8 Å². The molecule has 4 rings (SSSR count). The van der Waals surface area contributed by atoms with Crippen molar-refractivity contribution in [2.24, 2.45) is 5.92 Å². The summed E-state index contributed by atoms with van der Waals surface area (Å²) in [6.07, 6.45) is 5.29. The Balaban J connectivity index is 1.77. The lowest BCUT2D eigenvalue weighted by Crippen LogP contribution is -2.39. The van der Waals surface area contributed by atoms with Crippen LogP contribution in [0, 0.1) is 5.92 Å². The summed E-state index contributed by atoms with van der Waals surface area (Å²) in [6.45, 7) is 1.22. The fourth-order valence-electron chi connectivity index (χ4n) is 4.34. The van der Waals surface area contributed by atoms with Crippen LogP contribution in [-0.2, 0) is 10.0 Å². The quantitative estimate of drug-likeness (QED) is 0.690. The third kappa shape index (κ3) is 3.28. The first-order valence-corrected chi connectivity index (χ1v) is 11.6. The maximum Gasteiger partial charge on any atom is 0.211 e. The SMILES string of the molecule is CS(=O)(=O)N1CCC(C2c3ccccc3C=C(Br)c3ccccc32)CC1. The van der Waals surface area contributed by atoms with Crippen LogP contribution < -0.4 is 0 Å². The lowest BCUT2D eigenvalue weighted by molar-refractivity contribution is 0.257. The van der Waals surface area contributed by atoms with E-state index in [0.717, 1.165) is 17.3 Å². The number of hydrogen-bond donors (Lipinski definition) is 0. The number of nitrogens with zero attached hydrogens (tertiary/aromatic N) is 1. The molecule has 26 heavy (non-hydrogen) atoms. The molecule has 1 heterocycles. The third-order valence-corrected chi connectivity index (χ3v) is 7.56. The molecule has 0 aromatic heterocycles. The van der Waals surface area contributed by atoms with Crippen LogP contribution in [-0.4, -0.2) is 32.1 Å². The van der Waals surface area contributed by atoms with Gasteiger partial charge in [-0.05, 0) is 47.1 Å². The highest BCUT2D eigenvalue weighted by Gasteiger charge is 2.34. The molecule has 1 atom stereocenters. The van der Waals surface area contributed by atoms with Crippen molar-refractivity contribution in [2.75, 3.05) is 19.3 Å². The van der Waals surface area contributed by atoms with Gasteiger partial charge in [-0.1, -0.05) is 64.5 Å². The molecule has 1 aliphatic heterocycles. The molecule has 3 nitrogen and oxygen atoms in total. The van der Waals surface area contributed by atoms with Gasteiger partial charge >= 0.3 is 0 Å². The van der Waals surface area contributed by atoms with Gasteiger partial charge < -0.3 is 0 Å². The summed E-state index contributed by atoms with van der Waals surface area (Å²) in [5.74, 6) is 0.720. The number of halogens is 1. The monoisotopic (exact) mass is 431 g/mol. The van der Waals surface area contributed by atoms with Gasteiger partial charge in [-0.2, -0.15) is 0 Å². The summed E-state index contributed by atoms with van der Waals surface area (Å²) >= 11 is 3.77. The first-order chi connectivity index (χ1) is 12.4. The zero-order valence-electron chi connectivity index (χ0n) is 14.7. The first kappa shape index (κ1) is 18.0. The van der Waals surface area contributed by atoms with Crippen molar-refractivity contribution < 1.29 is 8.42 Å². The van der Waals surface area contributed by atoms with Gasteiger partial charge in [0, 0.05) is 23.5 Å². The molecular formula is C21H22BrNO2S. The van der Waals surface area contributed by atoms with E-state index in [1.807, 2.05) is 0 Å². The molecule has 0 bridgehead atoms. The molecule has 1 fully saturated rings. The number of benzene rings is 2. The number of rotatable bonds is 2. The van der Waals surface area contributed by atoms with Gasteiger partial charge in [0.1, 0.15) is 0 Å². The van der Waals surface area contributed by atoms with Crippen LogP contribution in [0.3, 0.4) is 0 Å². The molecule has 0 saturated carbocycles. The predicted molar refractivity (Wildman–Crippen MR) is 111 cm³/mol. The van der Waals surface area contributed by atoms with Crippen molar-refractivity contribution in [3.8, 4) is 0 Å². The highest BCUT2D eigenvalue weighted by molar-refractivity contribution is 9.15. The Morgan fingerprint density at radius 2 is 1.58 bits per heavy atom. The molecule has 2 aromatic rings. The molecule has 2 aliphatic rings. The standard InChI is InChI=1S/C21H22BrNO2S/c1-26(24,25)23-12-10-15(11-13-23)21-17-7-3-2-6-16(17)14-20(22)18-8-4-5-9-19(18)21/h2-9,14-15,21H,10-13H2,1H3. The third-order valence-electron chi connectivity index (χ3n) is 5.61. The minimum absolute atomic E-state index is 0.287. The maximum absolute atomic E-state index is 11.9. The van der Waals surface area contributed by atoms with Crippen LogP contribution in [0.4, 0.5) is 0 Å². The van der Waals surface area contributed by atoms with Gasteiger partial charge in [-0.3, -0.25) is 0 Å². The van der Waals surface area contributed by atoms with Crippen molar-refractivity contribution >= 4 is 36.5 Å². The Kier molecular flexibility index (Phi) is 4.80. The molecule has 1 aliphatic carbocycles. The lowest BCUT2D eigenvalue weighted by Gasteiger charge is -2.36. The second-order valence-electron chi connectivity index (χ2n) is 7.19. The summed E-state index contributed by atoms with van der Waals surface area (Å²) in [7, 11) is -3.10. The summed E-state index contributed by atoms with van der Waals surface area (Å²) in [6, 6.07) is 17.1. The van der Waals surface area contributed by atoms with Crippen LogP contribution in [0.1, 0.15) is 41.0 Å². The molecule has 0 radical (unpaired) electrons. The molecular weight excluding hydrogens is 410 g/mol. The Labute approximate surface area is 163 Å². The van der Waals surface area contributed by atoms with Gasteiger partial charge in [0.2, 0.25) is 10.0 Å². The molecule has 0 amide bonds. The zero-order valence-corrected chi connectivity index (χ0v) is 17.1. The Morgan fingerprint density at radius 3 is 2.27 bits per heavy atom. The first-order valence-electron chi connectivity index (χ1n) is 8.95. The number of fused-ring (bicyclic) bond motifs is 2. The van der Waals surface area contributed by atoms with Crippen molar-refractivity contribution in [1.82, 2.24) is 4.31 Å². The Morgan fingerprint density at radius 1 is 0.962 bits per heavy atom. The number of piperidine rings is 1. The van der Waals surface area contributed by atoms with Crippen molar-refractivity contribution in [3.63, 3.8) is 0 Å². The average Bonchev–Trinajstić information content (AvgIpc) is 2.75. The summed E-state index contributed by atoms with van der Waals surface area (Å²) < 4.78 is 26.5. The maximum atomic E-state index is 11.9. The predicted octanol–water partition coefficient (Wildman–Crippen LogP) is 4.70. The van der Waals surface area contributed by atoms with E-state index in [4.69, 9.17) is 0 Å². The van der Waals surface area contributed by atoms with Gasteiger partial charge in [0.15, 0.2) is 0 Å². The van der Waals surface area contributed by atoms with Crippen LogP contribution in [0.25, 0.3) is 10.6 Å². The van der Waals surface area contributed by atoms with E-state index in [-0.39, 0.29) is 5.92 Å². The Bertz CT molecular complexity index is 959. The molecule has 0 N–H and O–H groups in total. The highest BCUT2D eigenvalue weighted by atomic mass is 79.9. The van der Waals surface area contributed by atoms with E-state index in [1.54, 1.807) is 4.31 Å². The van der Waals surface area contributed by atoms with E-state index >= 15 is 0 Å². The van der Waals surface area contributed by atoms with Gasteiger partial charge in [0.25, 0.3) is 0 Å². The normalized spacial score (nSPS) is 21.5. The average molecular weight is 432 g/mol. The van der Waals surface area contributed by atoms with Crippen LogP contribution in [0.15, 0.2) is 48.5 Å². The second-order valence-corrected chi connectivity index (χ2v) is 10.0. The fraction of sp³-hybridized carbons (Fsp3) is 0.333. The molecule has 2 aromatic carbocycles. The Hall–Kier alpha value is -1.43. The zero-order chi connectivity index (χ0) is 18.3. The number of hydrogen-bond acceptors (Lipinski definition) is 2. The van der Waals surface area contributed by atoms with E-state index in [1.165, 1.54) is 28.5 Å². The second kappa shape index (κ2) is 6.95. The van der Waals surface area contributed by atoms with Gasteiger partial charge in [0.05, 0.1) is 6.26 Å². The molecule has 1 unspecified atom stereocenters. The van der Waals surface area contributed by atoms with Crippen molar-refractivity contribution in [1.29, 1.82) is 0 Å². The molecule has 5 heteroatoms. The minimum Gasteiger partial charge on any atom is -0.213 e. The van der Waals surface area contributed by atoms with Crippen molar-refractivity contribution in [2.45, 2.75) is 18.8 Å². The minimum atomic E-state index is -3.10. The van der Waals surface area contributed by atoms with E-state index in [0.29, 0.717) is 19.0 Å². The van der Waals surface area contributed by atoms with E-state index in [2.05, 4.69) is 70.5 Å².